The zero-order valence-electron chi connectivity index (χ0n) is 9.87. The molecule has 0 radical (unpaired) electrons. The van der Waals surface area contributed by atoms with Gasteiger partial charge in [0.05, 0.1) is 0 Å². The van der Waals surface area contributed by atoms with E-state index in [-0.39, 0.29) is 0 Å². The van der Waals surface area contributed by atoms with Gasteiger partial charge in [-0.25, -0.2) is 0 Å². The second-order valence-corrected chi connectivity index (χ2v) is 5.10. The molecule has 16 heavy (non-hydrogen) atoms. The Morgan fingerprint density at radius 2 is 1.88 bits per heavy atom. The van der Waals surface area contributed by atoms with E-state index >= 15 is 0 Å². The largest absolute Gasteiger partial charge is 0.309 e. The SMILES string of the molecule is CC1C=CC(CC2C=CCC(=N)C2)CC1=N. The Morgan fingerprint density at radius 1 is 1.12 bits per heavy atom. The average Bonchev–Trinajstić information content (AvgIpc) is 2.24. The molecule has 86 valence electrons. The van der Waals surface area contributed by atoms with Crippen molar-refractivity contribution < 1.29 is 0 Å². The first-order valence-electron chi connectivity index (χ1n) is 6.13. The van der Waals surface area contributed by atoms with Crippen LogP contribution in [-0.4, -0.2) is 11.4 Å². The Morgan fingerprint density at radius 3 is 2.56 bits per heavy atom. The molecule has 2 aliphatic rings. The summed E-state index contributed by atoms with van der Waals surface area (Å²) in [7, 11) is 0. The smallest absolute Gasteiger partial charge is 0.0161 e. The third-order valence-electron chi connectivity index (χ3n) is 3.59. The van der Waals surface area contributed by atoms with Gasteiger partial charge in [-0.15, -0.1) is 0 Å². The first-order chi connectivity index (χ1) is 7.65. The Labute approximate surface area is 97.5 Å². The fraction of sp³-hybridized carbons (Fsp3) is 0.571. The summed E-state index contributed by atoms with van der Waals surface area (Å²) in [5.74, 6) is 1.37. The Kier molecular flexibility index (Phi) is 3.37. The maximum Gasteiger partial charge on any atom is 0.0161 e. The number of nitrogens with one attached hydrogen (secondary N) is 2. The highest BCUT2D eigenvalue weighted by Crippen LogP contribution is 2.28. The summed E-state index contributed by atoms with van der Waals surface area (Å²) in [5.41, 5.74) is 1.72. The Bertz CT molecular complexity index is 352. The lowest BCUT2D eigenvalue weighted by atomic mass is 9.80. The zero-order valence-corrected chi connectivity index (χ0v) is 9.87. The minimum atomic E-state index is 0.330. The van der Waals surface area contributed by atoms with Crippen molar-refractivity contribution in [1.82, 2.24) is 0 Å². The van der Waals surface area contributed by atoms with Gasteiger partial charge in [0.2, 0.25) is 0 Å². The number of allylic oxidation sites excluding steroid dienone is 4. The molecule has 0 aromatic heterocycles. The van der Waals surface area contributed by atoms with Crippen molar-refractivity contribution in [3.8, 4) is 0 Å². The average molecular weight is 216 g/mol. The molecule has 3 unspecified atom stereocenters. The van der Waals surface area contributed by atoms with Crippen molar-refractivity contribution in [2.75, 3.05) is 0 Å². The van der Waals surface area contributed by atoms with Gasteiger partial charge in [0.1, 0.15) is 0 Å². The molecule has 0 aromatic rings. The van der Waals surface area contributed by atoms with Crippen molar-refractivity contribution in [3.05, 3.63) is 24.3 Å². The van der Waals surface area contributed by atoms with Crippen LogP contribution in [0.4, 0.5) is 0 Å². The standard InChI is InChI=1S/C14H20N2/c1-10-5-6-12(9-14(10)16)7-11-3-2-4-13(15)8-11/h2-3,5-6,10-12,15-16H,4,7-9H2,1H3. The quantitative estimate of drug-likeness (QED) is 0.663. The fourth-order valence-corrected chi connectivity index (χ4v) is 2.56. The van der Waals surface area contributed by atoms with Crippen LogP contribution < -0.4 is 0 Å². The van der Waals surface area contributed by atoms with E-state index in [1.807, 2.05) is 0 Å². The molecular formula is C14H20N2. The molecule has 2 N–H and O–H groups in total. The molecule has 0 aromatic carbocycles. The first kappa shape index (κ1) is 11.3. The lowest BCUT2D eigenvalue weighted by Gasteiger charge is -2.25. The molecule has 0 spiro atoms. The summed E-state index contributed by atoms with van der Waals surface area (Å²) >= 11 is 0. The van der Waals surface area contributed by atoms with Crippen LogP contribution in [0.3, 0.4) is 0 Å². The van der Waals surface area contributed by atoms with Gasteiger partial charge in [0.25, 0.3) is 0 Å². The molecule has 0 amide bonds. The molecule has 2 aliphatic carbocycles. The van der Waals surface area contributed by atoms with E-state index in [1.54, 1.807) is 0 Å². The van der Waals surface area contributed by atoms with Crippen molar-refractivity contribution >= 4 is 11.4 Å². The maximum atomic E-state index is 7.87. The molecule has 0 fully saturated rings. The Balaban J connectivity index is 1.93. The number of hydrogen-bond donors (Lipinski definition) is 2. The van der Waals surface area contributed by atoms with E-state index in [1.165, 1.54) is 0 Å². The van der Waals surface area contributed by atoms with Crippen molar-refractivity contribution in [3.63, 3.8) is 0 Å². The molecule has 0 heterocycles. The number of hydrogen-bond acceptors (Lipinski definition) is 2. The van der Waals surface area contributed by atoms with Crippen LogP contribution in [-0.2, 0) is 0 Å². The minimum absolute atomic E-state index is 0.330. The molecule has 0 saturated heterocycles. The Hall–Kier alpha value is -1.18. The van der Waals surface area contributed by atoms with Crippen molar-refractivity contribution in [1.29, 1.82) is 10.8 Å². The second kappa shape index (κ2) is 4.77. The highest BCUT2D eigenvalue weighted by atomic mass is 14.5. The molecule has 2 rings (SSSR count). The lowest BCUT2D eigenvalue weighted by molar-refractivity contribution is 0.486. The molecular weight excluding hydrogens is 196 g/mol. The first-order valence-corrected chi connectivity index (χ1v) is 6.13. The summed E-state index contributed by atoms with van der Waals surface area (Å²) in [6.45, 7) is 2.09. The second-order valence-electron chi connectivity index (χ2n) is 5.10. The van der Waals surface area contributed by atoms with Crippen LogP contribution in [0.1, 0.15) is 32.6 Å². The summed E-state index contributed by atoms with van der Waals surface area (Å²) < 4.78 is 0. The van der Waals surface area contributed by atoms with Gasteiger partial charge in [0.15, 0.2) is 0 Å². The predicted molar refractivity (Wildman–Crippen MR) is 68.3 cm³/mol. The van der Waals surface area contributed by atoms with E-state index in [2.05, 4.69) is 31.2 Å². The molecule has 0 aliphatic heterocycles. The maximum absolute atomic E-state index is 7.87. The van der Waals surface area contributed by atoms with E-state index in [0.29, 0.717) is 17.8 Å². The molecule has 0 bridgehead atoms. The molecule has 0 saturated carbocycles. The van der Waals surface area contributed by atoms with Gasteiger partial charge >= 0.3 is 0 Å². The monoisotopic (exact) mass is 216 g/mol. The molecule has 3 atom stereocenters. The number of rotatable bonds is 2. The van der Waals surface area contributed by atoms with Crippen LogP contribution in [0.25, 0.3) is 0 Å². The van der Waals surface area contributed by atoms with Gasteiger partial charge in [-0.1, -0.05) is 31.2 Å². The highest BCUT2D eigenvalue weighted by Gasteiger charge is 2.21. The van der Waals surface area contributed by atoms with Crippen molar-refractivity contribution in [2.45, 2.75) is 32.6 Å². The predicted octanol–water partition coefficient (Wildman–Crippen LogP) is 3.59. The summed E-state index contributed by atoms with van der Waals surface area (Å²) in [5, 5.41) is 15.6. The zero-order chi connectivity index (χ0) is 11.5. The van der Waals surface area contributed by atoms with Crippen LogP contribution in [0.15, 0.2) is 24.3 Å². The van der Waals surface area contributed by atoms with Gasteiger partial charge in [0, 0.05) is 23.8 Å². The summed E-state index contributed by atoms with van der Waals surface area (Å²) in [4.78, 5) is 0. The third-order valence-corrected chi connectivity index (χ3v) is 3.59. The van der Waals surface area contributed by atoms with Gasteiger partial charge in [-0.2, -0.15) is 0 Å². The summed E-state index contributed by atoms with van der Waals surface area (Å²) in [6.07, 6.45) is 12.6. The highest BCUT2D eigenvalue weighted by molar-refractivity contribution is 5.86. The van der Waals surface area contributed by atoms with Crippen LogP contribution in [0.5, 0.6) is 0 Å². The topological polar surface area (TPSA) is 47.7 Å². The fourth-order valence-electron chi connectivity index (χ4n) is 2.56. The lowest BCUT2D eigenvalue weighted by Crippen LogP contribution is -2.20. The van der Waals surface area contributed by atoms with Gasteiger partial charge in [-0.3, -0.25) is 0 Å². The van der Waals surface area contributed by atoms with Gasteiger partial charge < -0.3 is 10.8 Å². The van der Waals surface area contributed by atoms with Crippen LogP contribution in [0.2, 0.25) is 0 Å². The normalized spacial score (nSPS) is 34.4. The van der Waals surface area contributed by atoms with E-state index in [0.717, 1.165) is 37.1 Å². The molecule has 2 nitrogen and oxygen atoms in total. The van der Waals surface area contributed by atoms with Crippen molar-refractivity contribution in [2.24, 2.45) is 17.8 Å². The molecule has 2 heteroatoms. The third kappa shape index (κ3) is 2.69. The minimum Gasteiger partial charge on any atom is -0.309 e. The van der Waals surface area contributed by atoms with Crippen LogP contribution >= 0.6 is 0 Å². The van der Waals surface area contributed by atoms with E-state index in [4.69, 9.17) is 10.8 Å². The van der Waals surface area contributed by atoms with E-state index in [9.17, 15) is 0 Å². The van der Waals surface area contributed by atoms with Gasteiger partial charge in [-0.05, 0) is 31.1 Å². The van der Waals surface area contributed by atoms with Crippen LogP contribution in [0, 0.1) is 28.6 Å². The summed E-state index contributed by atoms with van der Waals surface area (Å²) in [6, 6.07) is 0. The van der Waals surface area contributed by atoms with E-state index < -0.39 is 0 Å².